The van der Waals surface area contributed by atoms with Crippen LogP contribution in [0.25, 0.3) is 0 Å². The van der Waals surface area contributed by atoms with Crippen molar-refractivity contribution in [1.82, 2.24) is 4.90 Å². The van der Waals surface area contributed by atoms with Gasteiger partial charge in [0.15, 0.2) is 0 Å². The van der Waals surface area contributed by atoms with Crippen molar-refractivity contribution in [1.29, 1.82) is 0 Å². The largest absolute Gasteiger partial charge is 0.463 e. The Morgan fingerprint density at radius 3 is 2.38 bits per heavy atom. The second-order valence-electron chi connectivity index (χ2n) is 8.10. The van der Waals surface area contributed by atoms with E-state index < -0.39 is 29.2 Å². The van der Waals surface area contributed by atoms with Gasteiger partial charge in [0.2, 0.25) is 5.76 Å². The first kappa shape index (κ1) is 29.9. The normalized spacial score (nSPS) is 15.6. The summed E-state index contributed by atoms with van der Waals surface area (Å²) in [4.78, 5) is 43.5. The molecular weight excluding hydrogens is 506 g/mol. The number of likely N-dealkylation sites (tertiary alicyclic amines) is 1. The summed E-state index contributed by atoms with van der Waals surface area (Å²) in [5.74, 6) is -1.82. The lowest BCUT2D eigenvalue weighted by molar-refractivity contribution is -0.144. The third-order valence-corrected chi connectivity index (χ3v) is 5.74. The van der Waals surface area contributed by atoms with Gasteiger partial charge in [0.1, 0.15) is 12.4 Å². The molecule has 1 heterocycles. The zero-order valence-electron chi connectivity index (χ0n) is 21.2. The molecule has 1 saturated heterocycles. The second-order valence-corrected chi connectivity index (χ2v) is 8.48. The van der Waals surface area contributed by atoms with Gasteiger partial charge in [-0.1, -0.05) is 35.5 Å². The number of halogens is 1. The lowest BCUT2D eigenvalue weighted by Gasteiger charge is -2.40. The Morgan fingerprint density at radius 2 is 1.76 bits per heavy atom. The van der Waals surface area contributed by atoms with Gasteiger partial charge in [-0.3, -0.25) is 0 Å². The smallest absolute Gasteiger partial charge is 0.410 e. The van der Waals surface area contributed by atoms with Gasteiger partial charge in [-0.25, -0.2) is 14.4 Å². The molecule has 204 valence electrons. The molecule has 1 aliphatic heterocycles. The molecule has 2 rings (SSSR count). The van der Waals surface area contributed by atoms with Crippen molar-refractivity contribution in [3.8, 4) is 0 Å². The number of benzene rings is 1. The molecular formula is C25H34ClN3O8. The second kappa shape index (κ2) is 15.7. The highest BCUT2D eigenvalue weighted by atomic mass is 35.5. The lowest BCUT2D eigenvalue weighted by atomic mass is 9.78. The van der Waals surface area contributed by atoms with E-state index in [1.54, 1.807) is 18.7 Å². The van der Waals surface area contributed by atoms with Crippen molar-refractivity contribution in [3.05, 3.63) is 47.7 Å². The van der Waals surface area contributed by atoms with Crippen LogP contribution in [0.2, 0.25) is 0 Å². The van der Waals surface area contributed by atoms with Crippen LogP contribution in [-0.4, -0.2) is 74.2 Å². The minimum absolute atomic E-state index is 0.0402. The SMILES string of the molecule is CCOC(=O)C=C(ON=C(N)C1(COCCCl)CCN(C(=O)OCc2ccccc2)CC1)C(=O)OCC. The molecule has 1 amide bonds. The minimum Gasteiger partial charge on any atom is -0.463 e. The number of piperidine rings is 1. The van der Waals surface area contributed by atoms with Crippen molar-refractivity contribution in [2.75, 3.05) is 45.4 Å². The number of amides is 1. The number of carbonyl (C=O) groups is 3. The molecule has 1 aromatic carbocycles. The van der Waals surface area contributed by atoms with Crippen LogP contribution in [0.1, 0.15) is 32.3 Å². The quantitative estimate of drug-likeness (QED) is 0.0461. The number of alkyl halides is 1. The first-order valence-electron chi connectivity index (χ1n) is 12.0. The van der Waals surface area contributed by atoms with Crippen LogP contribution in [0.3, 0.4) is 0 Å². The van der Waals surface area contributed by atoms with Crippen LogP contribution < -0.4 is 5.73 Å². The molecule has 11 nitrogen and oxygen atoms in total. The fourth-order valence-corrected chi connectivity index (χ4v) is 3.64. The molecule has 1 aromatic rings. The Labute approximate surface area is 221 Å². The van der Waals surface area contributed by atoms with Crippen LogP contribution >= 0.6 is 11.6 Å². The Kier molecular flexibility index (Phi) is 12.7. The van der Waals surface area contributed by atoms with Gasteiger partial charge in [0, 0.05) is 19.0 Å². The van der Waals surface area contributed by atoms with Gasteiger partial charge in [0.05, 0.1) is 37.9 Å². The topological polar surface area (TPSA) is 139 Å². The fraction of sp³-hybridized carbons (Fsp3) is 0.520. The lowest BCUT2D eigenvalue weighted by Crippen LogP contribution is -2.51. The van der Waals surface area contributed by atoms with Gasteiger partial charge in [-0.15, -0.1) is 11.6 Å². The van der Waals surface area contributed by atoms with E-state index in [2.05, 4.69) is 5.16 Å². The van der Waals surface area contributed by atoms with Gasteiger partial charge in [-0.2, -0.15) is 0 Å². The number of esters is 2. The first-order valence-corrected chi connectivity index (χ1v) is 12.5. The zero-order valence-corrected chi connectivity index (χ0v) is 21.9. The van der Waals surface area contributed by atoms with Gasteiger partial charge < -0.3 is 34.4 Å². The molecule has 0 aromatic heterocycles. The van der Waals surface area contributed by atoms with Gasteiger partial charge >= 0.3 is 18.0 Å². The van der Waals surface area contributed by atoms with Crippen molar-refractivity contribution in [2.24, 2.45) is 16.3 Å². The summed E-state index contributed by atoms with van der Waals surface area (Å²) in [5.41, 5.74) is 6.40. The maximum absolute atomic E-state index is 12.6. The van der Waals surface area contributed by atoms with Crippen LogP contribution in [0, 0.1) is 5.41 Å². The van der Waals surface area contributed by atoms with E-state index >= 15 is 0 Å². The Morgan fingerprint density at radius 1 is 1.08 bits per heavy atom. The van der Waals surface area contributed by atoms with Crippen LogP contribution in [-0.2, 0) is 40.0 Å². The van der Waals surface area contributed by atoms with Crippen molar-refractivity contribution >= 4 is 35.5 Å². The molecule has 1 fully saturated rings. The maximum atomic E-state index is 12.6. The molecule has 0 radical (unpaired) electrons. The molecule has 0 bridgehead atoms. The van der Waals surface area contributed by atoms with E-state index in [9.17, 15) is 14.4 Å². The number of amidine groups is 1. The molecule has 0 unspecified atom stereocenters. The van der Waals surface area contributed by atoms with Crippen LogP contribution in [0.15, 0.2) is 47.3 Å². The minimum atomic E-state index is -0.893. The number of hydrogen-bond acceptors (Lipinski definition) is 9. The van der Waals surface area contributed by atoms with Gasteiger partial charge in [0.25, 0.3) is 0 Å². The Hall–Kier alpha value is -3.31. The summed E-state index contributed by atoms with van der Waals surface area (Å²) < 4.78 is 20.8. The number of nitrogens with zero attached hydrogens (tertiary/aromatic N) is 2. The van der Waals surface area contributed by atoms with Crippen LogP contribution in [0.4, 0.5) is 4.79 Å². The summed E-state index contributed by atoms with van der Waals surface area (Å²) in [6, 6.07) is 9.39. The fourth-order valence-electron chi connectivity index (χ4n) is 3.54. The summed E-state index contributed by atoms with van der Waals surface area (Å²) in [6.07, 6.45) is 1.20. The van der Waals surface area contributed by atoms with E-state index in [1.807, 2.05) is 30.3 Å². The van der Waals surface area contributed by atoms with Crippen LogP contribution in [0.5, 0.6) is 0 Å². The van der Waals surface area contributed by atoms with E-state index in [1.165, 1.54) is 0 Å². The Bertz CT molecular complexity index is 947. The van der Waals surface area contributed by atoms with E-state index in [4.69, 9.17) is 41.1 Å². The highest BCUT2D eigenvalue weighted by Crippen LogP contribution is 2.33. The van der Waals surface area contributed by atoms with Crippen molar-refractivity contribution in [2.45, 2.75) is 33.3 Å². The highest BCUT2D eigenvalue weighted by Gasteiger charge is 2.41. The van der Waals surface area contributed by atoms with E-state index in [0.29, 0.717) is 25.9 Å². The summed E-state index contributed by atoms with van der Waals surface area (Å²) in [7, 11) is 0. The monoisotopic (exact) mass is 539 g/mol. The molecule has 37 heavy (non-hydrogen) atoms. The Balaban J connectivity index is 2.11. The van der Waals surface area contributed by atoms with E-state index in [-0.39, 0.29) is 44.8 Å². The first-order chi connectivity index (χ1) is 17.8. The maximum Gasteiger partial charge on any atom is 0.410 e. The van der Waals surface area contributed by atoms with Crippen molar-refractivity contribution < 1.29 is 38.2 Å². The third kappa shape index (κ3) is 9.58. The summed E-state index contributed by atoms with van der Waals surface area (Å²) in [6.45, 7) is 4.70. The third-order valence-electron chi connectivity index (χ3n) is 5.58. The van der Waals surface area contributed by atoms with Crippen molar-refractivity contribution in [3.63, 3.8) is 0 Å². The number of carbonyl (C=O) groups excluding carboxylic acids is 3. The van der Waals surface area contributed by atoms with Gasteiger partial charge in [-0.05, 0) is 32.3 Å². The average molecular weight is 540 g/mol. The average Bonchev–Trinajstić information content (AvgIpc) is 2.90. The summed E-state index contributed by atoms with van der Waals surface area (Å²) in [5, 5.41) is 3.93. The molecule has 0 atom stereocenters. The highest BCUT2D eigenvalue weighted by molar-refractivity contribution is 6.17. The van der Waals surface area contributed by atoms with E-state index in [0.717, 1.165) is 11.6 Å². The number of ether oxygens (including phenoxy) is 4. The number of oxime groups is 1. The number of nitrogens with two attached hydrogens (primary N) is 1. The molecule has 0 aliphatic carbocycles. The molecule has 1 aliphatic rings. The molecule has 0 spiro atoms. The molecule has 12 heteroatoms. The zero-order chi connectivity index (χ0) is 27.1. The predicted octanol–water partition coefficient (Wildman–Crippen LogP) is 2.96. The molecule has 2 N–H and O–H groups in total. The number of hydrogen-bond donors (Lipinski definition) is 1. The summed E-state index contributed by atoms with van der Waals surface area (Å²) >= 11 is 5.75. The molecule has 0 saturated carbocycles. The predicted molar refractivity (Wildman–Crippen MR) is 135 cm³/mol. The standard InChI is InChI=1S/C25H34ClN3O8/c1-3-34-21(30)16-20(22(31)35-4-2)37-28-23(27)25(18-33-15-12-26)10-13-29(14-11-25)24(32)36-17-19-8-6-5-7-9-19/h5-9,16H,3-4,10-15,17-18H2,1-2H3,(H2,27,28). The number of rotatable bonds is 13.